The molecule has 0 fully saturated rings. The Morgan fingerprint density at radius 3 is 1.00 bits per heavy atom. The van der Waals surface area contributed by atoms with Gasteiger partial charge in [-0.05, 0) is 83.5 Å². The first-order chi connectivity index (χ1) is 31.5. The number of carbonyl (C=O) groups is 3. The van der Waals surface area contributed by atoms with E-state index >= 15 is 0 Å². The highest BCUT2D eigenvalue weighted by Gasteiger charge is 2.19. The molecule has 0 radical (unpaired) electrons. The highest BCUT2D eigenvalue weighted by Crippen LogP contribution is 2.16. The SMILES string of the molecule is CC/C=C\C/C=C\C/C=C\C/C=C\CCCCC(=O)O[C@H](COC(=O)CCCCCCC/C=C\CCCCCCC)COC(=O)CCCCCCCCCCCCCCCCCCC. The largest absolute Gasteiger partial charge is 0.462 e. The Labute approximate surface area is 396 Å². The van der Waals surface area contributed by atoms with Crippen LogP contribution in [0.15, 0.2) is 60.8 Å². The molecule has 370 valence electrons. The molecule has 0 saturated carbocycles. The lowest BCUT2D eigenvalue weighted by Gasteiger charge is -2.18. The van der Waals surface area contributed by atoms with Gasteiger partial charge >= 0.3 is 17.9 Å². The average Bonchev–Trinajstić information content (AvgIpc) is 3.29. The number of allylic oxidation sites excluding steroid dienone is 10. The number of hydrogen-bond acceptors (Lipinski definition) is 6. The Morgan fingerprint density at radius 2 is 0.609 bits per heavy atom. The van der Waals surface area contributed by atoms with E-state index in [1.807, 2.05) is 0 Å². The van der Waals surface area contributed by atoms with Crippen LogP contribution in [0, 0.1) is 0 Å². The van der Waals surface area contributed by atoms with Crippen LogP contribution in [0.5, 0.6) is 0 Å². The molecular weight excluding hydrogens is 793 g/mol. The van der Waals surface area contributed by atoms with Crippen LogP contribution in [0.4, 0.5) is 0 Å². The molecule has 0 aliphatic carbocycles. The summed E-state index contributed by atoms with van der Waals surface area (Å²) in [7, 11) is 0. The van der Waals surface area contributed by atoms with Gasteiger partial charge in [-0.1, -0.05) is 229 Å². The minimum atomic E-state index is -0.797. The predicted molar refractivity (Wildman–Crippen MR) is 275 cm³/mol. The molecule has 0 saturated heterocycles. The molecule has 6 nitrogen and oxygen atoms in total. The average molecular weight is 895 g/mol. The third-order valence-electron chi connectivity index (χ3n) is 11.8. The molecule has 6 heteroatoms. The number of carbonyl (C=O) groups excluding carboxylic acids is 3. The lowest BCUT2D eigenvalue weighted by atomic mass is 10.0. The van der Waals surface area contributed by atoms with Gasteiger partial charge in [-0.3, -0.25) is 14.4 Å². The van der Waals surface area contributed by atoms with Gasteiger partial charge < -0.3 is 14.2 Å². The van der Waals surface area contributed by atoms with Crippen LogP contribution < -0.4 is 0 Å². The van der Waals surface area contributed by atoms with Crippen LogP contribution in [0.25, 0.3) is 0 Å². The van der Waals surface area contributed by atoms with Gasteiger partial charge in [0, 0.05) is 19.3 Å². The van der Waals surface area contributed by atoms with E-state index in [4.69, 9.17) is 14.2 Å². The molecule has 0 spiro atoms. The number of esters is 3. The highest BCUT2D eigenvalue weighted by molar-refractivity contribution is 5.71. The molecule has 0 aromatic heterocycles. The van der Waals surface area contributed by atoms with E-state index in [1.54, 1.807) is 0 Å². The summed E-state index contributed by atoms with van der Waals surface area (Å²) in [6, 6.07) is 0. The van der Waals surface area contributed by atoms with Gasteiger partial charge in [0.25, 0.3) is 0 Å². The van der Waals surface area contributed by atoms with Gasteiger partial charge in [0.1, 0.15) is 13.2 Å². The van der Waals surface area contributed by atoms with Crippen molar-refractivity contribution in [1.82, 2.24) is 0 Å². The van der Waals surface area contributed by atoms with E-state index in [2.05, 4.69) is 81.5 Å². The quantitative estimate of drug-likeness (QED) is 0.0262. The van der Waals surface area contributed by atoms with Gasteiger partial charge in [-0.2, -0.15) is 0 Å². The number of rotatable bonds is 49. The normalized spacial score (nSPS) is 12.5. The van der Waals surface area contributed by atoms with E-state index in [0.29, 0.717) is 19.3 Å². The Balaban J connectivity index is 4.42. The molecule has 0 amide bonds. The number of ether oxygens (including phenoxy) is 3. The highest BCUT2D eigenvalue weighted by atomic mass is 16.6. The minimum absolute atomic E-state index is 0.0912. The summed E-state index contributed by atoms with van der Waals surface area (Å²) < 4.78 is 16.8. The zero-order chi connectivity index (χ0) is 46.5. The van der Waals surface area contributed by atoms with Crippen molar-refractivity contribution in [2.24, 2.45) is 0 Å². The second-order valence-electron chi connectivity index (χ2n) is 18.1. The summed E-state index contributed by atoms with van der Waals surface area (Å²) in [4.78, 5) is 38.0. The standard InChI is InChI=1S/C58H102O6/c1-4-7-10-13-16-19-22-25-28-29-31-33-36-39-42-45-48-51-57(60)63-54-55(53-62-56(59)50-47-44-41-38-35-32-27-24-21-18-15-12-9-6-3)64-58(61)52-49-46-43-40-37-34-30-26-23-20-17-14-11-8-5-2/h8,11,17,20,24,26-27,30,37,40,55H,4-7,9-10,12-16,18-19,21-23,25,28-29,31-36,38-39,41-54H2,1-3H3/b11-8-,20-17-,27-24-,30-26-,40-37-/t55-/m1/s1. The van der Waals surface area contributed by atoms with Crippen molar-refractivity contribution in [1.29, 1.82) is 0 Å². The molecule has 0 unspecified atom stereocenters. The molecule has 0 heterocycles. The summed E-state index contributed by atoms with van der Waals surface area (Å²) in [6.07, 6.45) is 64.9. The monoisotopic (exact) mass is 895 g/mol. The number of unbranched alkanes of at least 4 members (excludes halogenated alkanes) is 28. The van der Waals surface area contributed by atoms with Crippen molar-refractivity contribution in [2.75, 3.05) is 13.2 Å². The molecule has 1 atom stereocenters. The van der Waals surface area contributed by atoms with Gasteiger partial charge in [-0.15, -0.1) is 0 Å². The van der Waals surface area contributed by atoms with Crippen LogP contribution in [-0.2, 0) is 28.6 Å². The van der Waals surface area contributed by atoms with Crippen LogP contribution in [0.3, 0.4) is 0 Å². The molecular formula is C58H102O6. The topological polar surface area (TPSA) is 78.9 Å². The van der Waals surface area contributed by atoms with Crippen LogP contribution in [0.2, 0.25) is 0 Å². The molecule has 0 rings (SSSR count). The van der Waals surface area contributed by atoms with Gasteiger partial charge in [0.05, 0.1) is 0 Å². The molecule has 64 heavy (non-hydrogen) atoms. The molecule has 0 aromatic carbocycles. The maximum atomic E-state index is 12.8. The van der Waals surface area contributed by atoms with E-state index in [-0.39, 0.29) is 37.5 Å². The molecule has 0 N–H and O–H groups in total. The fourth-order valence-electron chi connectivity index (χ4n) is 7.66. The third kappa shape index (κ3) is 50.1. The summed E-state index contributed by atoms with van der Waals surface area (Å²) in [5.41, 5.74) is 0. The van der Waals surface area contributed by atoms with Crippen molar-refractivity contribution in [3.63, 3.8) is 0 Å². The molecule has 0 aliphatic rings. The summed E-state index contributed by atoms with van der Waals surface area (Å²) >= 11 is 0. The van der Waals surface area contributed by atoms with E-state index < -0.39 is 6.10 Å². The zero-order valence-electron chi connectivity index (χ0n) is 42.3. The van der Waals surface area contributed by atoms with Gasteiger partial charge in [0.2, 0.25) is 0 Å². The van der Waals surface area contributed by atoms with E-state index in [0.717, 1.165) is 83.5 Å². The lowest BCUT2D eigenvalue weighted by Crippen LogP contribution is -2.30. The first kappa shape index (κ1) is 61.1. The molecule has 0 aliphatic heterocycles. The summed E-state index contributed by atoms with van der Waals surface area (Å²) in [5.74, 6) is -0.933. The van der Waals surface area contributed by atoms with Gasteiger partial charge in [0.15, 0.2) is 6.10 Å². The van der Waals surface area contributed by atoms with Crippen molar-refractivity contribution >= 4 is 17.9 Å². The second kappa shape index (κ2) is 52.7. The first-order valence-corrected chi connectivity index (χ1v) is 27.3. The van der Waals surface area contributed by atoms with E-state index in [1.165, 1.54) is 141 Å². The fourth-order valence-corrected chi connectivity index (χ4v) is 7.66. The van der Waals surface area contributed by atoms with Crippen molar-refractivity contribution < 1.29 is 28.6 Å². The Morgan fingerprint density at radius 1 is 0.328 bits per heavy atom. The van der Waals surface area contributed by atoms with E-state index in [9.17, 15) is 14.4 Å². The van der Waals surface area contributed by atoms with Crippen molar-refractivity contribution in [3.05, 3.63) is 60.8 Å². The van der Waals surface area contributed by atoms with Gasteiger partial charge in [-0.25, -0.2) is 0 Å². The van der Waals surface area contributed by atoms with Crippen molar-refractivity contribution in [2.45, 2.75) is 277 Å². The number of hydrogen-bond donors (Lipinski definition) is 0. The lowest BCUT2D eigenvalue weighted by molar-refractivity contribution is -0.167. The molecule has 0 aromatic rings. The van der Waals surface area contributed by atoms with Crippen LogP contribution >= 0.6 is 0 Å². The Kier molecular flexibility index (Phi) is 50.4. The smallest absolute Gasteiger partial charge is 0.306 e. The summed E-state index contributed by atoms with van der Waals surface area (Å²) in [6.45, 7) is 6.49. The van der Waals surface area contributed by atoms with Crippen molar-refractivity contribution in [3.8, 4) is 0 Å². The minimum Gasteiger partial charge on any atom is -0.462 e. The maximum Gasteiger partial charge on any atom is 0.306 e. The summed E-state index contributed by atoms with van der Waals surface area (Å²) in [5, 5.41) is 0. The maximum absolute atomic E-state index is 12.8. The van der Waals surface area contributed by atoms with Crippen LogP contribution in [0.1, 0.15) is 271 Å². The second-order valence-corrected chi connectivity index (χ2v) is 18.1. The predicted octanol–water partition coefficient (Wildman–Crippen LogP) is 18.0. The third-order valence-corrected chi connectivity index (χ3v) is 11.8. The fraction of sp³-hybridized carbons (Fsp3) is 0.776. The Bertz CT molecular complexity index is 1170. The molecule has 0 bridgehead atoms. The van der Waals surface area contributed by atoms with Crippen LogP contribution in [-0.4, -0.2) is 37.2 Å². The first-order valence-electron chi connectivity index (χ1n) is 27.3. The zero-order valence-corrected chi connectivity index (χ0v) is 42.3. The Hall–Kier alpha value is -2.89.